The van der Waals surface area contributed by atoms with Crippen LogP contribution in [0, 0.1) is 13.8 Å². The number of aromatic nitrogens is 3. The Kier molecular flexibility index (Phi) is 10.5. The van der Waals surface area contributed by atoms with E-state index >= 15 is 0 Å². The van der Waals surface area contributed by atoms with E-state index in [9.17, 15) is 0 Å². The van der Waals surface area contributed by atoms with Crippen LogP contribution in [0.1, 0.15) is 72.2 Å². The van der Waals surface area contributed by atoms with E-state index < -0.39 is 0 Å². The first-order valence-corrected chi connectivity index (χ1v) is 21.4. The van der Waals surface area contributed by atoms with Crippen LogP contribution in [0.15, 0.2) is 164 Å². The van der Waals surface area contributed by atoms with Crippen molar-refractivity contribution in [1.82, 2.24) is 15.0 Å². The van der Waals surface area contributed by atoms with Gasteiger partial charge in [0.05, 0.1) is 0 Å². The molecular weight excluding hydrogens is 723 g/mol. The van der Waals surface area contributed by atoms with Crippen LogP contribution in [0.25, 0.3) is 65.2 Å². The maximum absolute atomic E-state index is 5.39. The second-order valence-electron chi connectivity index (χ2n) is 15.4. The highest BCUT2D eigenvalue weighted by Gasteiger charge is 2.25. The van der Waals surface area contributed by atoms with Crippen molar-refractivity contribution in [2.45, 2.75) is 58.8 Å². The van der Waals surface area contributed by atoms with E-state index in [1.54, 1.807) is 11.3 Å². The Morgan fingerprint density at radius 3 is 1.90 bits per heavy atom. The molecule has 9 aromatic rings. The molecule has 9 rings (SSSR count). The number of aryl methyl sites for hydroxylation is 2. The van der Waals surface area contributed by atoms with E-state index in [1.807, 2.05) is 6.07 Å². The zero-order valence-electron chi connectivity index (χ0n) is 33.6. The third-order valence-electron chi connectivity index (χ3n) is 11.8. The van der Waals surface area contributed by atoms with E-state index in [2.05, 4.69) is 185 Å². The minimum atomic E-state index is -0.0605. The van der Waals surface area contributed by atoms with Crippen molar-refractivity contribution >= 4 is 31.5 Å². The van der Waals surface area contributed by atoms with Crippen LogP contribution in [-0.2, 0) is 6.42 Å². The number of thiophene rings is 1. The SMILES string of the molecule is CCC(c1nc(-c2ccccc2)nc(-c2cccc3c2sc2ccccc23)n1)c1ccccc1-c1cc(-c2ccccc2C[C@H](CC)c2ccccc2)c(C)cc1C. The molecular formula is C54H47N3S. The van der Waals surface area contributed by atoms with E-state index in [0.29, 0.717) is 17.6 Å². The van der Waals surface area contributed by atoms with E-state index in [1.165, 1.54) is 70.2 Å². The summed E-state index contributed by atoms with van der Waals surface area (Å²) in [6.07, 6.45) is 2.92. The number of nitrogens with zero attached hydrogens (tertiary/aromatic N) is 3. The fourth-order valence-electron chi connectivity index (χ4n) is 8.78. The Bertz CT molecular complexity index is 2880. The van der Waals surface area contributed by atoms with Crippen LogP contribution >= 0.6 is 11.3 Å². The molecule has 0 aliphatic carbocycles. The molecule has 2 heterocycles. The van der Waals surface area contributed by atoms with Gasteiger partial charge in [-0.2, -0.15) is 0 Å². The van der Waals surface area contributed by atoms with Crippen LogP contribution < -0.4 is 0 Å². The molecule has 4 heteroatoms. The molecule has 0 saturated carbocycles. The number of fused-ring (bicyclic) bond motifs is 3. The third-order valence-corrected chi connectivity index (χ3v) is 13.0. The smallest absolute Gasteiger partial charge is 0.165 e. The second kappa shape index (κ2) is 16.3. The maximum atomic E-state index is 5.39. The lowest BCUT2D eigenvalue weighted by molar-refractivity contribution is 0.661. The lowest BCUT2D eigenvalue weighted by Crippen LogP contribution is -2.10. The summed E-state index contributed by atoms with van der Waals surface area (Å²) in [5.74, 6) is 2.59. The Balaban J connectivity index is 1.17. The molecule has 0 bridgehead atoms. The van der Waals surface area contributed by atoms with Crippen LogP contribution in [0.3, 0.4) is 0 Å². The van der Waals surface area contributed by atoms with E-state index in [4.69, 9.17) is 15.0 Å². The van der Waals surface area contributed by atoms with Gasteiger partial charge in [0.25, 0.3) is 0 Å². The van der Waals surface area contributed by atoms with E-state index in [-0.39, 0.29) is 5.92 Å². The third kappa shape index (κ3) is 7.14. The summed E-state index contributed by atoms with van der Waals surface area (Å²) in [5.41, 5.74) is 13.6. The van der Waals surface area contributed by atoms with Crippen molar-refractivity contribution in [3.8, 4) is 45.0 Å². The summed E-state index contributed by atoms with van der Waals surface area (Å²) >= 11 is 1.81. The zero-order chi connectivity index (χ0) is 39.6. The molecule has 0 fully saturated rings. The van der Waals surface area contributed by atoms with E-state index in [0.717, 1.165) is 36.2 Å². The number of rotatable bonds is 11. The van der Waals surface area contributed by atoms with Gasteiger partial charge in [0.1, 0.15) is 5.82 Å². The predicted octanol–water partition coefficient (Wildman–Crippen LogP) is 14.8. The summed E-state index contributed by atoms with van der Waals surface area (Å²) < 4.78 is 2.46. The highest BCUT2D eigenvalue weighted by atomic mass is 32.1. The highest BCUT2D eigenvalue weighted by molar-refractivity contribution is 7.26. The average Bonchev–Trinajstić information content (AvgIpc) is 3.66. The van der Waals surface area contributed by atoms with Gasteiger partial charge in [-0.1, -0.05) is 159 Å². The molecule has 0 amide bonds. The molecule has 2 aromatic heterocycles. The minimum absolute atomic E-state index is 0.0605. The van der Waals surface area contributed by atoms with Gasteiger partial charge in [-0.25, -0.2) is 15.0 Å². The van der Waals surface area contributed by atoms with Crippen LogP contribution in [-0.4, -0.2) is 15.0 Å². The molecule has 3 nitrogen and oxygen atoms in total. The van der Waals surface area contributed by atoms with Crippen LogP contribution in [0.5, 0.6) is 0 Å². The van der Waals surface area contributed by atoms with Crippen molar-refractivity contribution in [2.75, 3.05) is 0 Å². The molecule has 0 saturated heterocycles. The maximum Gasteiger partial charge on any atom is 0.165 e. The molecule has 2 atom stereocenters. The first-order chi connectivity index (χ1) is 28.5. The Morgan fingerprint density at radius 2 is 1.12 bits per heavy atom. The standard InChI is InChI=1S/C54H47N3S/c1-5-37(38-20-9-7-10-21-38)33-40-24-13-14-25-42(40)48-34-49(36(4)32-35(48)3)44-27-16-15-26-43(44)41(6-2)53-55-52(39-22-11-8-12-23-39)56-54(57-53)47-30-19-29-46-45-28-17-18-31-50(45)58-51(46)47/h7-32,34,37,41H,5-6,33H2,1-4H3/t37-,41?/m0/s1. The second-order valence-corrected chi connectivity index (χ2v) is 16.4. The number of hydrogen-bond donors (Lipinski definition) is 0. The quantitative estimate of drug-likeness (QED) is 0.131. The minimum Gasteiger partial charge on any atom is -0.212 e. The fourth-order valence-corrected chi connectivity index (χ4v) is 9.99. The highest BCUT2D eigenvalue weighted by Crippen LogP contribution is 2.42. The summed E-state index contributed by atoms with van der Waals surface area (Å²) in [4.78, 5) is 15.9. The normalized spacial score (nSPS) is 12.6. The molecule has 7 aromatic carbocycles. The number of benzene rings is 7. The topological polar surface area (TPSA) is 38.7 Å². The summed E-state index contributed by atoms with van der Waals surface area (Å²) in [6, 6.07) is 59.2. The van der Waals surface area contributed by atoms with Gasteiger partial charge in [0.15, 0.2) is 11.6 Å². The molecule has 0 radical (unpaired) electrons. The molecule has 0 aliphatic heterocycles. The van der Waals surface area contributed by atoms with Gasteiger partial charge < -0.3 is 0 Å². The molecule has 1 unspecified atom stereocenters. The van der Waals surface area contributed by atoms with Crippen molar-refractivity contribution in [3.05, 3.63) is 197 Å². The van der Waals surface area contributed by atoms with Crippen molar-refractivity contribution in [3.63, 3.8) is 0 Å². The van der Waals surface area contributed by atoms with Gasteiger partial charge >= 0.3 is 0 Å². The van der Waals surface area contributed by atoms with Gasteiger partial charge in [-0.3, -0.25) is 0 Å². The molecule has 0 aliphatic rings. The summed E-state index contributed by atoms with van der Waals surface area (Å²) in [7, 11) is 0. The Hall–Kier alpha value is -6.23. The molecule has 0 N–H and O–H groups in total. The van der Waals surface area contributed by atoms with Gasteiger partial charge in [0.2, 0.25) is 0 Å². The van der Waals surface area contributed by atoms with Crippen molar-refractivity contribution < 1.29 is 0 Å². The lowest BCUT2D eigenvalue weighted by Gasteiger charge is -2.22. The van der Waals surface area contributed by atoms with Crippen molar-refractivity contribution in [2.24, 2.45) is 0 Å². The first kappa shape index (κ1) is 37.4. The summed E-state index contributed by atoms with van der Waals surface area (Å²) in [6.45, 7) is 9.06. The van der Waals surface area contributed by atoms with Gasteiger partial charge in [-0.05, 0) is 107 Å². The number of hydrogen-bond acceptors (Lipinski definition) is 4. The Labute approximate surface area is 346 Å². The van der Waals surface area contributed by atoms with Crippen molar-refractivity contribution in [1.29, 1.82) is 0 Å². The van der Waals surface area contributed by atoms with Gasteiger partial charge in [0, 0.05) is 37.2 Å². The average molecular weight is 770 g/mol. The first-order valence-electron chi connectivity index (χ1n) is 20.6. The lowest BCUT2D eigenvalue weighted by atomic mass is 9.83. The Morgan fingerprint density at radius 1 is 0.500 bits per heavy atom. The van der Waals surface area contributed by atoms with Crippen LogP contribution in [0.2, 0.25) is 0 Å². The monoisotopic (exact) mass is 769 g/mol. The molecule has 284 valence electrons. The molecule has 58 heavy (non-hydrogen) atoms. The molecule has 0 spiro atoms. The zero-order valence-corrected chi connectivity index (χ0v) is 34.4. The van der Waals surface area contributed by atoms with Gasteiger partial charge in [-0.15, -0.1) is 11.3 Å². The van der Waals surface area contributed by atoms with Crippen LogP contribution in [0.4, 0.5) is 0 Å². The summed E-state index contributed by atoms with van der Waals surface area (Å²) in [5, 5.41) is 2.50. The largest absolute Gasteiger partial charge is 0.212 e. The fraction of sp³-hybridized carbons (Fsp3) is 0.167. The predicted molar refractivity (Wildman–Crippen MR) is 246 cm³/mol.